The topological polar surface area (TPSA) is 103 Å². The SMILES string of the molecule is CC(=O)NC1CC(Nc2nc(-c3cccc(-c4cnn(C)c4)c3)ncc2-c2cnn(C)c2)C1. The normalized spacial score (nSPS) is 17.4. The number of hydrogen-bond donors (Lipinski definition) is 2. The zero-order chi connectivity index (χ0) is 22.9. The lowest BCUT2D eigenvalue weighted by molar-refractivity contribution is -0.120. The van der Waals surface area contributed by atoms with Gasteiger partial charge in [-0.05, 0) is 24.5 Å². The van der Waals surface area contributed by atoms with Gasteiger partial charge in [-0.15, -0.1) is 0 Å². The van der Waals surface area contributed by atoms with Gasteiger partial charge in [0.2, 0.25) is 5.91 Å². The van der Waals surface area contributed by atoms with Crippen molar-refractivity contribution >= 4 is 11.7 Å². The van der Waals surface area contributed by atoms with E-state index < -0.39 is 0 Å². The van der Waals surface area contributed by atoms with Crippen molar-refractivity contribution in [2.24, 2.45) is 14.1 Å². The Morgan fingerprint density at radius 3 is 2.30 bits per heavy atom. The average Bonchev–Trinajstić information content (AvgIpc) is 3.40. The molecule has 3 heterocycles. The number of carbonyl (C=O) groups is 1. The molecule has 0 saturated heterocycles. The Balaban J connectivity index is 1.46. The molecule has 33 heavy (non-hydrogen) atoms. The molecule has 1 amide bonds. The fourth-order valence-electron chi connectivity index (χ4n) is 4.15. The van der Waals surface area contributed by atoms with E-state index in [4.69, 9.17) is 4.98 Å². The van der Waals surface area contributed by atoms with Gasteiger partial charge in [-0.1, -0.05) is 18.2 Å². The van der Waals surface area contributed by atoms with Gasteiger partial charge in [0.15, 0.2) is 5.82 Å². The van der Waals surface area contributed by atoms with Crippen LogP contribution in [-0.2, 0) is 18.9 Å². The van der Waals surface area contributed by atoms with Crippen LogP contribution in [0.3, 0.4) is 0 Å². The van der Waals surface area contributed by atoms with Crippen molar-refractivity contribution in [3.8, 4) is 33.6 Å². The van der Waals surface area contributed by atoms with Crippen molar-refractivity contribution in [3.63, 3.8) is 0 Å². The quantitative estimate of drug-likeness (QED) is 0.476. The van der Waals surface area contributed by atoms with Gasteiger partial charge in [-0.25, -0.2) is 9.97 Å². The molecule has 2 N–H and O–H groups in total. The number of aromatic nitrogens is 6. The van der Waals surface area contributed by atoms with Crippen LogP contribution in [0.2, 0.25) is 0 Å². The van der Waals surface area contributed by atoms with Crippen LogP contribution in [0, 0.1) is 0 Å². The first-order valence-electron chi connectivity index (χ1n) is 10.9. The molecule has 1 fully saturated rings. The number of nitrogens with zero attached hydrogens (tertiary/aromatic N) is 6. The lowest BCUT2D eigenvalue weighted by atomic mass is 9.86. The monoisotopic (exact) mass is 442 g/mol. The van der Waals surface area contributed by atoms with Crippen LogP contribution in [0.1, 0.15) is 19.8 Å². The van der Waals surface area contributed by atoms with Gasteiger partial charge in [-0.3, -0.25) is 14.2 Å². The fourth-order valence-corrected chi connectivity index (χ4v) is 4.15. The van der Waals surface area contributed by atoms with E-state index in [1.54, 1.807) is 16.3 Å². The molecule has 1 aromatic carbocycles. The Labute approximate surface area is 191 Å². The summed E-state index contributed by atoms with van der Waals surface area (Å²) in [4.78, 5) is 20.9. The Bertz CT molecular complexity index is 1300. The van der Waals surface area contributed by atoms with Crippen molar-refractivity contribution in [2.75, 3.05) is 5.32 Å². The number of rotatable bonds is 6. The van der Waals surface area contributed by atoms with Crippen LogP contribution >= 0.6 is 0 Å². The highest BCUT2D eigenvalue weighted by Gasteiger charge is 2.30. The molecular weight excluding hydrogens is 416 g/mol. The van der Waals surface area contributed by atoms with E-state index in [9.17, 15) is 4.79 Å². The molecule has 0 bridgehead atoms. The molecule has 4 aromatic rings. The maximum Gasteiger partial charge on any atom is 0.217 e. The lowest BCUT2D eigenvalue weighted by Gasteiger charge is -2.36. The van der Waals surface area contributed by atoms with Crippen molar-refractivity contribution in [1.82, 2.24) is 34.8 Å². The van der Waals surface area contributed by atoms with Crippen LogP contribution in [0.15, 0.2) is 55.2 Å². The molecule has 9 heteroatoms. The Morgan fingerprint density at radius 1 is 0.939 bits per heavy atom. The summed E-state index contributed by atoms with van der Waals surface area (Å²) < 4.78 is 3.55. The van der Waals surface area contributed by atoms with E-state index >= 15 is 0 Å². The molecule has 1 aliphatic carbocycles. The zero-order valence-electron chi connectivity index (χ0n) is 18.9. The number of aryl methyl sites for hydroxylation is 2. The summed E-state index contributed by atoms with van der Waals surface area (Å²) in [6.45, 7) is 1.55. The summed E-state index contributed by atoms with van der Waals surface area (Å²) in [6, 6.07) is 8.60. The fraction of sp³-hybridized carbons (Fsp3) is 0.292. The molecule has 5 rings (SSSR count). The van der Waals surface area contributed by atoms with Gasteiger partial charge < -0.3 is 10.6 Å². The van der Waals surface area contributed by atoms with E-state index in [0.29, 0.717) is 5.82 Å². The van der Waals surface area contributed by atoms with Crippen LogP contribution in [0.4, 0.5) is 5.82 Å². The van der Waals surface area contributed by atoms with E-state index in [1.165, 1.54) is 0 Å². The number of anilines is 1. The van der Waals surface area contributed by atoms with E-state index in [0.717, 1.165) is 46.5 Å². The summed E-state index contributed by atoms with van der Waals surface area (Å²) in [7, 11) is 3.79. The predicted molar refractivity (Wildman–Crippen MR) is 126 cm³/mol. The molecule has 1 saturated carbocycles. The number of carbonyl (C=O) groups excluding carboxylic acids is 1. The molecule has 0 spiro atoms. The summed E-state index contributed by atoms with van der Waals surface area (Å²) >= 11 is 0. The van der Waals surface area contributed by atoms with E-state index in [2.05, 4.69) is 37.9 Å². The summed E-state index contributed by atoms with van der Waals surface area (Å²) in [5.41, 5.74) is 4.89. The second kappa shape index (κ2) is 8.50. The van der Waals surface area contributed by atoms with Crippen molar-refractivity contribution in [3.05, 3.63) is 55.2 Å². The summed E-state index contributed by atoms with van der Waals surface area (Å²) in [6.07, 6.45) is 11.2. The highest BCUT2D eigenvalue weighted by Crippen LogP contribution is 2.32. The second-order valence-electron chi connectivity index (χ2n) is 8.55. The number of benzene rings is 1. The molecular formula is C24H26N8O. The first kappa shape index (κ1) is 20.9. The van der Waals surface area contributed by atoms with Crippen LogP contribution in [0.25, 0.3) is 33.6 Å². The minimum Gasteiger partial charge on any atom is -0.367 e. The molecule has 3 aromatic heterocycles. The molecule has 0 atom stereocenters. The standard InChI is InChI=1S/C24H26N8O/c1-15(33)28-20-8-21(9-20)29-24-22(19-11-27-32(3)14-19)12-25-23(30-24)17-6-4-5-16(7-17)18-10-26-31(2)13-18/h4-7,10-14,20-21H,8-9H2,1-3H3,(H,28,33)(H,25,29,30). The molecule has 168 valence electrons. The zero-order valence-corrected chi connectivity index (χ0v) is 18.9. The minimum atomic E-state index is 0.00678. The molecule has 9 nitrogen and oxygen atoms in total. The number of nitrogens with one attached hydrogen (secondary N) is 2. The van der Waals surface area contributed by atoms with Gasteiger partial charge in [0.1, 0.15) is 5.82 Å². The van der Waals surface area contributed by atoms with Crippen LogP contribution in [0.5, 0.6) is 0 Å². The minimum absolute atomic E-state index is 0.00678. The predicted octanol–water partition coefficient (Wildman–Crippen LogP) is 3.02. The third-order valence-electron chi connectivity index (χ3n) is 5.85. The Kier molecular flexibility index (Phi) is 5.37. The highest BCUT2D eigenvalue weighted by molar-refractivity contribution is 5.77. The largest absolute Gasteiger partial charge is 0.367 e. The molecule has 1 aliphatic rings. The van der Waals surface area contributed by atoms with Crippen LogP contribution in [-0.4, -0.2) is 47.5 Å². The van der Waals surface area contributed by atoms with Crippen molar-refractivity contribution < 1.29 is 4.79 Å². The first-order chi connectivity index (χ1) is 15.9. The third-order valence-corrected chi connectivity index (χ3v) is 5.85. The summed E-state index contributed by atoms with van der Waals surface area (Å²) in [5.74, 6) is 1.42. The van der Waals surface area contributed by atoms with Gasteiger partial charge in [0, 0.05) is 73.9 Å². The highest BCUT2D eigenvalue weighted by atomic mass is 16.1. The maximum atomic E-state index is 11.3. The lowest BCUT2D eigenvalue weighted by Crippen LogP contribution is -2.49. The molecule has 0 radical (unpaired) electrons. The maximum absolute atomic E-state index is 11.3. The van der Waals surface area contributed by atoms with E-state index in [-0.39, 0.29) is 18.0 Å². The van der Waals surface area contributed by atoms with Crippen LogP contribution < -0.4 is 10.6 Å². The van der Waals surface area contributed by atoms with Gasteiger partial charge >= 0.3 is 0 Å². The van der Waals surface area contributed by atoms with Gasteiger partial charge in [0.05, 0.1) is 12.4 Å². The molecule has 0 unspecified atom stereocenters. The second-order valence-corrected chi connectivity index (χ2v) is 8.55. The van der Waals surface area contributed by atoms with Gasteiger partial charge in [-0.2, -0.15) is 10.2 Å². The Morgan fingerprint density at radius 2 is 1.64 bits per heavy atom. The van der Waals surface area contributed by atoms with Crippen molar-refractivity contribution in [2.45, 2.75) is 31.8 Å². The van der Waals surface area contributed by atoms with Crippen molar-refractivity contribution in [1.29, 1.82) is 0 Å². The van der Waals surface area contributed by atoms with E-state index in [1.807, 2.05) is 57.2 Å². The average molecular weight is 443 g/mol. The first-order valence-corrected chi connectivity index (χ1v) is 10.9. The molecule has 0 aliphatic heterocycles. The smallest absolute Gasteiger partial charge is 0.217 e. The Hall–Kier alpha value is -4.01. The number of hydrogen-bond acceptors (Lipinski definition) is 6. The summed E-state index contributed by atoms with van der Waals surface area (Å²) in [5, 5.41) is 15.1. The van der Waals surface area contributed by atoms with Gasteiger partial charge in [0.25, 0.3) is 0 Å². The number of amides is 1. The third kappa shape index (κ3) is 4.48.